The lowest BCUT2D eigenvalue weighted by Crippen LogP contribution is -2.57. The van der Waals surface area contributed by atoms with Gasteiger partial charge in [0.25, 0.3) is 0 Å². The van der Waals surface area contributed by atoms with E-state index in [2.05, 4.69) is 5.32 Å². The molecule has 4 bridgehead atoms. The van der Waals surface area contributed by atoms with Gasteiger partial charge in [-0.3, -0.25) is 9.59 Å². The molecule has 6 heteroatoms. The lowest BCUT2D eigenvalue weighted by Gasteiger charge is -2.56. The summed E-state index contributed by atoms with van der Waals surface area (Å²) in [5.74, 6) is 3.93. The summed E-state index contributed by atoms with van der Waals surface area (Å²) in [4.78, 5) is 28.7. The molecule has 2 amide bonds. The molecule has 0 aromatic heterocycles. The van der Waals surface area contributed by atoms with E-state index in [-0.39, 0.29) is 30.1 Å². The van der Waals surface area contributed by atoms with E-state index in [0.717, 1.165) is 73.5 Å². The Hall–Kier alpha value is -2.24. The molecule has 30 heavy (non-hydrogen) atoms. The largest absolute Gasteiger partial charge is 0.454 e. The molecule has 4 aliphatic carbocycles. The van der Waals surface area contributed by atoms with Gasteiger partial charge in [-0.1, -0.05) is 6.07 Å². The van der Waals surface area contributed by atoms with Crippen molar-refractivity contribution in [1.82, 2.24) is 10.2 Å². The van der Waals surface area contributed by atoms with E-state index in [1.165, 1.54) is 19.3 Å². The smallest absolute Gasteiger partial charge is 0.243 e. The Morgan fingerprint density at radius 1 is 1.03 bits per heavy atom. The molecular formula is C24H30N2O4. The second-order valence-electron chi connectivity index (χ2n) is 10.3. The van der Waals surface area contributed by atoms with Crippen LogP contribution in [0.3, 0.4) is 0 Å². The maximum absolute atomic E-state index is 13.7. The van der Waals surface area contributed by atoms with E-state index in [4.69, 9.17) is 9.47 Å². The van der Waals surface area contributed by atoms with Gasteiger partial charge in [0.15, 0.2) is 11.5 Å². The number of amides is 2. The standard InChI is InChI=1S/C24H30N2O4/c27-22(25-13-15-3-4-20-21(9-15)30-14-29-20)19-2-1-5-26(19)23(28)24-10-16-6-17(11-24)8-18(7-16)12-24/h3-4,9,16-19H,1-2,5-8,10-14H2,(H,25,27). The molecule has 0 spiro atoms. The number of ether oxygens (including phenoxy) is 2. The Balaban J connectivity index is 1.13. The van der Waals surface area contributed by atoms with Crippen molar-refractivity contribution in [2.75, 3.05) is 13.3 Å². The lowest BCUT2D eigenvalue weighted by molar-refractivity contribution is -0.160. The van der Waals surface area contributed by atoms with Gasteiger partial charge < -0.3 is 19.7 Å². The van der Waals surface area contributed by atoms with Gasteiger partial charge in [0.05, 0.1) is 5.41 Å². The normalized spacial score (nSPS) is 35.7. The van der Waals surface area contributed by atoms with Crippen molar-refractivity contribution in [1.29, 1.82) is 0 Å². The van der Waals surface area contributed by atoms with E-state index < -0.39 is 0 Å². The van der Waals surface area contributed by atoms with E-state index in [1.807, 2.05) is 23.1 Å². The first-order valence-corrected chi connectivity index (χ1v) is 11.6. The zero-order valence-corrected chi connectivity index (χ0v) is 17.4. The molecule has 1 saturated heterocycles. The molecule has 6 nitrogen and oxygen atoms in total. The number of rotatable bonds is 4. The third kappa shape index (κ3) is 2.98. The molecule has 1 N–H and O–H groups in total. The molecule has 0 radical (unpaired) electrons. The fraction of sp³-hybridized carbons (Fsp3) is 0.667. The molecule has 1 atom stereocenters. The summed E-state index contributed by atoms with van der Waals surface area (Å²) in [5, 5.41) is 3.06. The topological polar surface area (TPSA) is 67.9 Å². The van der Waals surface area contributed by atoms with Crippen molar-refractivity contribution in [3.8, 4) is 11.5 Å². The zero-order chi connectivity index (χ0) is 20.3. The first-order valence-electron chi connectivity index (χ1n) is 11.6. The van der Waals surface area contributed by atoms with Crippen LogP contribution in [0.15, 0.2) is 18.2 Å². The molecule has 2 aliphatic heterocycles. The number of nitrogens with one attached hydrogen (secondary N) is 1. The average molecular weight is 411 g/mol. The number of nitrogens with zero attached hydrogens (tertiary/aromatic N) is 1. The minimum Gasteiger partial charge on any atom is -0.454 e. The average Bonchev–Trinajstić information content (AvgIpc) is 3.39. The van der Waals surface area contributed by atoms with Crippen LogP contribution < -0.4 is 14.8 Å². The maximum atomic E-state index is 13.7. The molecule has 1 unspecified atom stereocenters. The second-order valence-corrected chi connectivity index (χ2v) is 10.3. The minimum absolute atomic E-state index is 0.0248. The van der Waals surface area contributed by atoms with Crippen LogP contribution in [0.5, 0.6) is 11.5 Å². The zero-order valence-electron chi connectivity index (χ0n) is 17.4. The van der Waals surface area contributed by atoms with Crippen molar-refractivity contribution in [3.63, 3.8) is 0 Å². The first kappa shape index (κ1) is 18.5. The van der Waals surface area contributed by atoms with Gasteiger partial charge in [0.2, 0.25) is 18.6 Å². The van der Waals surface area contributed by atoms with Gasteiger partial charge >= 0.3 is 0 Å². The summed E-state index contributed by atoms with van der Waals surface area (Å²) in [6, 6.07) is 5.41. The van der Waals surface area contributed by atoms with Crippen LogP contribution in [0.1, 0.15) is 56.9 Å². The van der Waals surface area contributed by atoms with Crippen molar-refractivity contribution < 1.29 is 19.1 Å². The SMILES string of the molecule is O=C(NCc1ccc2c(c1)OCO2)C1CCCN1C(=O)C12CC3CC(CC(C3)C1)C2. The highest BCUT2D eigenvalue weighted by Crippen LogP contribution is 2.60. The van der Waals surface area contributed by atoms with Crippen molar-refractivity contribution in [3.05, 3.63) is 23.8 Å². The molecule has 160 valence electrons. The van der Waals surface area contributed by atoms with Gasteiger partial charge in [-0.2, -0.15) is 0 Å². The molecule has 6 aliphatic rings. The first-order chi connectivity index (χ1) is 14.6. The Morgan fingerprint density at radius 3 is 2.47 bits per heavy atom. The van der Waals surface area contributed by atoms with Crippen LogP contribution in [0, 0.1) is 23.2 Å². The molecule has 1 aromatic rings. The Bertz CT molecular complexity index is 847. The predicted octanol–water partition coefficient (Wildman–Crippen LogP) is 3.24. The van der Waals surface area contributed by atoms with Crippen LogP contribution in [0.25, 0.3) is 0 Å². The van der Waals surface area contributed by atoms with Crippen LogP contribution in [0.2, 0.25) is 0 Å². The Labute approximate surface area is 177 Å². The van der Waals surface area contributed by atoms with E-state index in [0.29, 0.717) is 6.54 Å². The Kier molecular flexibility index (Phi) is 4.26. The molecule has 5 fully saturated rings. The van der Waals surface area contributed by atoms with Crippen LogP contribution in [-0.2, 0) is 16.1 Å². The van der Waals surface area contributed by atoms with Gasteiger partial charge in [-0.05, 0) is 86.8 Å². The number of hydrogen-bond donors (Lipinski definition) is 1. The van der Waals surface area contributed by atoms with Crippen LogP contribution >= 0.6 is 0 Å². The number of carbonyl (C=O) groups excluding carboxylic acids is 2. The summed E-state index contributed by atoms with van der Waals surface area (Å²) in [7, 11) is 0. The number of hydrogen-bond acceptors (Lipinski definition) is 4. The van der Waals surface area contributed by atoms with Gasteiger partial charge in [0, 0.05) is 13.1 Å². The third-order valence-corrected chi connectivity index (χ3v) is 8.21. The summed E-state index contributed by atoms with van der Waals surface area (Å²) in [6.45, 7) is 1.41. The van der Waals surface area contributed by atoms with Gasteiger partial charge in [-0.25, -0.2) is 0 Å². The maximum Gasteiger partial charge on any atom is 0.243 e. The number of benzene rings is 1. The summed E-state index contributed by atoms with van der Waals surface area (Å²) >= 11 is 0. The Morgan fingerprint density at radius 2 is 1.73 bits per heavy atom. The highest BCUT2D eigenvalue weighted by atomic mass is 16.7. The highest BCUT2D eigenvalue weighted by Gasteiger charge is 2.56. The fourth-order valence-corrected chi connectivity index (χ4v) is 7.32. The monoisotopic (exact) mass is 410 g/mol. The quantitative estimate of drug-likeness (QED) is 0.828. The van der Waals surface area contributed by atoms with Crippen LogP contribution in [0.4, 0.5) is 0 Å². The summed E-state index contributed by atoms with van der Waals surface area (Å²) in [6.07, 6.45) is 8.83. The predicted molar refractivity (Wildman–Crippen MR) is 110 cm³/mol. The van der Waals surface area contributed by atoms with E-state index >= 15 is 0 Å². The third-order valence-electron chi connectivity index (χ3n) is 8.21. The van der Waals surface area contributed by atoms with E-state index in [1.54, 1.807) is 0 Å². The highest BCUT2D eigenvalue weighted by molar-refractivity contribution is 5.91. The van der Waals surface area contributed by atoms with E-state index in [9.17, 15) is 9.59 Å². The van der Waals surface area contributed by atoms with Crippen LogP contribution in [-0.4, -0.2) is 36.1 Å². The molecule has 7 rings (SSSR count). The van der Waals surface area contributed by atoms with Crippen molar-refractivity contribution in [2.24, 2.45) is 23.2 Å². The van der Waals surface area contributed by atoms with Crippen molar-refractivity contribution >= 4 is 11.8 Å². The minimum atomic E-state index is -0.320. The van der Waals surface area contributed by atoms with Gasteiger partial charge in [0.1, 0.15) is 6.04 Å². The number of carbonyl (C=O) groups is 2. The summed E-state index contributed by atoms with van der Waals surface area (Å²) in [5.41, 5.74) is 0.805. The number of likely N-dealkylation sites (tertiary alicyclic amines) is 1. The molecular weight excluding hydrogens is 380 g/mol. The molecule has 1 aromatic carbocycles. The lowest BCUT2D eigenvalue weighted by atomic mass is 9.49. The second kappa shape index (κ2) is 6.89. The molecule has 4 saturated carbocycles. The number of fused-ring (bicyclic) bond motifs is 1. The molecule has 2 heterocycles. The summed E-state index contributed by atoms with van der Waals surface area (Å²) < 4.78 is 10.8. The van der Waals surface area contributed by atoms with Gasteiger partial charge in [-0.15, -0.1) is 0 Å². The fourth-order valence-electron chi connectivity index (χ4n) is 7.32. The van der Waals surface area contributed by atoms with Crippen molar-refractivity contribution in [2.45, 2.75) is 64.0 Å².